The molecule has 0 unspecified atom stereocenters. The van der Waals surface area contributed by atoms with Gasteiger partial charge in [-0.2, -0.15) is 13.2 Å². The second kappa shape index (κ2) is 6.47. The van der Waals surface area contributed by atoms with E-state index in [2.05, 4.69) is 16.9 Å². The largest absolute Gasteiger partial charge is 0.393 e. The molecule has 0 bridgehead atoms. The topological polar surface area (TPSA) is 30.7 Å². The molecule has 0 aliphatic carbocycles. The Balaban J connectivity index is 2.09. The number of nitrogens with zero attached hydrogens (tertiary/aromatic N) is 3. The minimum atomic E-state index is -4.25. The Morgan fingerprint density at radius 3 is 2.67 bits per heavy atom. The van der Waals surface area contributed by atoms with Crippen LogP contribution in [0.25, 0.3) is 22.6 Å². The molecule has 0 saturated heterocycles. The fraction of sp³-hybridized carbons (Fsp3) is 0.294. The van der Waals surface area contributed by atoms with E-state index in [-0.39, 0.29) is 5.56 Å². The number of hydrogen-bond donors (Lipinski definition) is 0. The van der Waals surface area contributed by atoms with E-state index < -0.39 is 12.6 Å². The van der Waals surface area contributed by atoms with Gasteiger partial charge in [0.2, 0.25) is 0 Å². The highest BCUT2D eigenvalue weighted by Crippen LogP contribution is 2.32. The van der Waals surface area contributed by atoms with E-state index in [0.717, 1.165) is 16.2 Å². The molecule has 126 valence electrons. The lowest BCUT2D eigenvalue weighted by atomic mass is 10.2. The summed E-state index contributed by atoms with van der Waals surface area (Å²) in [6.07, 6.45) is -3.98. The number of halogens is 3. The van der Waals surface area contributed by atoms with E-state index in [1.165, 1.54) is 12.3 Å². The number of imidazole rings is 1. The maximum absolute atomic E-state index is 12.6. The lowest BCUT2D eigenvalue weighted by Gasteiger charge is -2.08. The summed E-state index contributed by atoms with van der Waals surface area (Å²) in [5.41, 5.74) is 2.14. The van der Waals surface area contributed by atoms with E-state index in [1.807, 2.05) is 35.9 Å². The smallest absolute Gasteiger partial charge is 0.312 e. The van der Waals surface area contributed by atoms with Gasteiger partial charge in [0.25, 0.3) is 0 Å². The molecule has 0 N–H and O–H groups in total. The van der Waals surface area contributed by atoms with Gasteiger partial charge < -0.3 is 4.57 Å². The Kier molecular flexibility index (Phi) is 4.54. The van der Waals surface area contributed by atoms with Crippen molar-refractivity contribution in [1.29, 1.82) is 0 Å². The molecular weight excluding hydrogens is 335 g/mol. The lowest BCUT2D eigenvalue weighted by molar-refractivity contribution is -0.127. The summed E-state index contributed by atoms with van der Waals surface area (Å²) in [7, 11) is 1.83. The van der Waals surface area contributed by atoms with Crippen LogP contribution in [0.1, 0.15) is 12.5 Å². The Morgan fingerprint density at radius 1 is 1.21 bits per heavy atom. The molecule has 0 aliphatic heterocycles. The maximum atomic E-state index is 12.6. The second-order valence-electron chi connectivity index (χ2n) is 5.40. The summed E-state index contributed by atoms with van der Waals surface area (Å²) < 4.78 is 39.5. The molecule has 0 radical (unpaired) electrons. The summed E-state index contributed by atoms with van der Waals surface area (Å²) in [6, 6.07) is 9.34. The molecule has 3 rings (SSSR count). The Hall–Kier alpha value is -2.02. The van der Waals surface area contributed by atoms with Crippen LogP contribution in [0.5, 0.6) is 0 Å². The van der Waals surface area contributed by atoms with Crippen molar-refractivity contribution < 1.29 is 13.2 Å². The van der Waals surface area contributed by atoms with Crippen molar-refractivity contribution >= 4 is 22.9 Å². The molecule has 0 saturated carbocycles. The van der Waals surface area contributed by atoms with E-state index in [9.17, 15) is 13.2 Å². The molecule has 2 heterocycles. The average Bonchev–Trinajstić information content (AvgIpc) is 2.83. The first-order valence-electron chi connectivity index (χ1n) is 7.49. The van der Waals surface area contributed by atoms with E-state index in [1.54, 1.807) is 11.8 Å². The Bertz CT molecular complexity index is 871. The highest BCUT2D eigenvalue weighted by Gasteiger charge is 2.28. The van der Waals surface area contributed by atoms with Crippen LogP contribution >= 0.6 is 11.8 Å². The van der Waals surface area contributed by atoms with Crippen LogP contribution in [0.3, 0.4) is 0 Å². The zero-order valence-electron chi connectivity index (χ0n) is 13.3. The molecule has 0 fully saturated rings. The minimum Gasteiger partial charge on any atom is -0.312 e. The molecule has 0 amide bonds. The average molecular weight is 351 g/mol. The Morgan fingerprint density at radius 2 is 1.96 bits per heavy atom. The molecule has 0 atom stereocenters. The second-order valence-corrected chi connectivity index (χ2v) is 6.71. The van der Waals surface area contributed by atoms with Crippen molar-refractivity contribution in [2.24, 2.45) is 7.05 Å². The maximum Gasteiger partial charge on any atom is 0.393 e. The third kappa shape index (κ3) is 3.40. The first-order valence-corrected chi connectivity index (χ1v) is 8.48. The van der Waals surface area contributed by atoms with Crippen molar-refractivity contribution in [2.45, 2.75) is 24.4 Å². The summed E-state index contributed by atoms with van der Waals surface area (Å²) in [6.45, 7) is 2.07. The number of aryl methyl sites for hydroxylation is 1. The first kappa shape index (κ1) is 16.8. The van der Waals surface area contributed by atoms with Crippen LogP contribution in [-0.4, -0.2) is 26.5 Å². The van der Waals surface area contributed by atoms with Crippen molar-refractivity contribution in [1.82, 2.24) is 14.5 Å². The van der Waals surface area contributed by atoms with Crippen LogP contribution in [0.4, 0.5) is 13.2 Å². The number of pyridine rings is 1. The van der Waals surface area contributed by atoms with Gasteiger partial charge in [0.1, 0.15) is 11.3 Å². The molecule has 24 heavy (non-hydrogen) atoms. The predicted molar refractivity (Wildman–Crippen MR) is 90.1 cm³/mol. The Labute approximate surface area is 141 Å². The van der Waals surface area contributed by atoms with Gasteiger partial charge in [0.15, 0.2) is 5.65 Å². The monoisotopic (exact) mass is 351 g/mol. The molecular formula is C17H16F3N3S. The van der Waals surface area contributed by atoms with Gasteiger partial charge in [-0.25, -0.2) is 9.97 Å². The summed E-state index contributed by atoms with van der Waals surface area (Å²) >= 11 is 1.70. The highest BCUT2D eigenvalue weighted by molar-refractivity contribution is 7.99. The van der Waals surface area contributed by atoms with Crippen LogP contribution < -0.4 is 0 Å². The van der Waals surface area contributed by atoms with Gasteiger partial charge in [-0.3, -0.25) is 0 Å². The summed E-state index contributed by atoms with van der Waals surface area (Å²) in [4.78, 5) is 9.81. The van der Waals surface area contributed by atoms with Gasteiger partial charge in [-0.05, 0) is 23.4 Å². The number of hydrogen-bond acceptors (Lipinski definition) is 3. The normalized spacial score (nSPS) is 12.0. The zero-order chi connectivity index (χ0) is 17.3. The first-order chi connectivity index (χ1) is 11.4. The number of aromatic nitrogens is 3. The van der Waals surface area contributed by atoms with Crippen molar-refractivity contribution in [3.05, 3.63) is 42.1 Å². The van der Waals surface area contributed by atoms with Crippen molar-refractivity contribution in [3.63, 3.8) is 0 Å². The van der Waals surface area contributed by atoms with Crippen LogP contribution in [-0.2, 0) is 13.5 Å². The SMILES string of the molecule is CCSc1ccccc1-c1nc2cc(CC(F)(F)F)cnc2n1C. The van der Waals surface area contributed by atoms with E-state index in [0.29, 0.717) is 17.0 Å². The number of alkyl halides is 3. The van der Waals surface area contributed by atoms with Gasteiger partial charge in [0, 0.05) is 23.7 Å². The standard InChI is InChI=1S/C17H16F3N3S/c1-3-24-14-7-5-4-6-12(14)15-22-13-8-11(9-17(18,19)20)10-21-16(13)23(15)2/h4-8,10H,3,9H2,1-2H3. The molecule has 3 aromatic rings. The zero-order valence-corrected chi connectivity index (χ0v) is 14.1. The van der Waals surface area contributed by atoms with Crippen LogP contribution in [0.2, 0.25) is 0 Å². The van der Waals surface area contributed by atoms with Crippen molar-refractivity contribution in [3.8, 4) is 11.4 Å². The molecule has 7 heteroatoms. The number of rotatable bonds is 4. The number of fused-ring (bicyclic) bond motifs is 1. The highest BCUT2D eigenvalue weighted by atomic mass is 32.2. The van der Waals surface area contributed by atoms with E-state index in [4.69, 9.17) is 0 Å². The van der Waals surface area contributed by atoms with Gasteiger partial charge in [0.05, 0.1) is 6.42 Å². The van der Waals surface area contributed by atoms with Crippen LogP contribution in [0, 0.1) is 0 Å². The van der Waals surface area contributed by atoms with E-state index >= 15 is 0 Å². The number of thioether (sulfide) groups is 1. The van der Waals surface area contributed by atoms with Gasteiger partial charge in [-0.1, -0.05) is 25.1 Å². The van der Waals surface area contributed by atoms with Gasteiger partial charge >= 0.3 is 6.18 Å². The van der Waals surface area contributed by atoms with Gasteiger partial charge in [-0.15, -0.1) is 11.8 Å². The third-order valence-corrected chi connectivity index (χ3v) is 4.55. The number of benzene rings is 1. The van der Waals surface area contributed by atoms with Crippen molar-refractivity contribution in [2.75, 3.05) is 5.75 Å². The molecule has 2 aromatic heterocycles. The molecule has 0 spiro atoms. The summed E-state index contributed by atoms with van der Waals surface area (Å²) in [5.74, 6) is 1.63. The quantitative estimate of drug-likeness (QED) is 0.630. The molecule has 1 aromatic carbocycles. The van der Waals surface area contributed by atoms with Crippen LogP contribution in [0.15, 0.2) is 41.4 Å². The predicted octanol–water partition coefficient (Wildman–Crippen LogP) is 4.85. The minimum absolute atomic E-state index is 0.121. The lowest BCUT2D eigenvalue weighted by Crippen LogP contribution is -2.11. The fourth-order valence-electron chi connectivity index (χ4n) is 2.62. The molecule has 0 aliphatic rings. The summed E-state index contributed by atoms with van der Waals surface area (Å²) in [5, 5.41) is 0. The fourth-order valence-corrected chi connectivity index (χ4v) is 3.42. The third-order valence-electron chi connectivity index (χ3n) is 3.60. The molecule has 3 nitrogen and oxygen atoms in total.